The molecule has 0 saturated heterocycles. The molecule has 6 nitrogen and oxygen atoms in total. The van der Waals surface area contributed by atoms with Gasteiger partial charge in [-0.2, -0.15) is 0 Å². The first-order valence-corrected chi connectivity index (χ1v) is 9.18. The van der Waals surface area contributed by atoms with Crippen LogP contribution in [-0.2, 0) is 0 Å². The van der Waals surface area contributed by atoms with E-state index < -0.39 is 18.1 Å². The molecule has 0 saturated carbocycles. The third kappa shape index (κ3) is 6.34. The number of benzene rings is 2. The molecule has 0 aliphatic heterocycles. The number of phenols is 3. The Labute approximate surface area is 159 Å². The van der Waals surface area contributed by atoms with Crippen LogP contribution in [0.3, 0.4) is 0 Å². The standard InChI is InChI=1S/C21H29NO5/c1-13(2)9-19(21(27)14-10-17(24)12-18(25)11-14)20(26)7-8-22-15-3-5-16(23)6-4-15/h3-6,10-13,19-27H,7-9H2,1-2H3/t19-,20-,21+/m1/s1. The average Bonchev–Trinajstić information content (AvgIpc) is 2.59. The van der Waals surface area contributed by atoms with Gasteiger partial charge in [0.2, 0.25) is 0 Å². The van der Waals surface area contributed by atoms with E-state index in [4.69, 9.17) is 0 Å². The SMILES string of the molecule is CC(C)C[C@H]([C@H](O)CCNc1ccc(O)cc1)[C@@H](O)c1cc(O)cc(O)c1. The molecule has 3 atom stereocenters. The molecule has 0 amide bonds. The highest BCUT2D eigenvalue weighted by Crippen LogP contribution is 2.34. The fraction of sp³-hybridized carbons (Fsp3) is 0.429. The molecule has 0 aliphatic rings. The highest BCUT2D eigenvalue weighted by atomic mass is 16.3. The van der Waals surface area contributed by atoms with Crippen molar-refractivity contribution in [3.05, 3.63) is 48.0 Å². The first-order chi connectivity index (χ1) is 12.8. The third-order valence-corrected chi connectivity index (χ3v) is 4.55. The Morgan fingerprint density at radius 2 is 1.44 bits per heavy atom. The summed E-state index contributed by atoms with van der Waals surface area (Å²) in [4.78, 5) is 0. The molecule has 0 radical (unpaired) electrons. The van der Waals surface area contributed by atoms with Gasteiger partial charge in [-0.1, -0.05) is 13.8 Å². The van der Waals surface area contributed by atoms with Gasteiger partial charge < -0.3 is 30.8 Å². The largest absolute Gasteiger partial charge is 0.508 e. The van der Waals surface area contributed by atoms with E-state index in [0.29, 0.717) is 24.9 Å². The van der Waals surface area contributed by atoms with Crippen molar-refractivity contribution in [1.82, 2.24) is 0 Å². The van der Waals surface area contributed by atoms with Crippen LogP contribution in [0.4, 0.5) is 5.69 Å². The molecule has 0 bridgehead atoms. The number of hydrogen-bond acceptors (Lipinski definition) is 6. The maximum atomic E-state index is 10.8. The second-order valence-electron chi connectivity index (χ2n) is 7.35. The first-order valence-electron chi connectivity index (χ1n) is 9.18. The van der Waals surface area contributed by atoms with Crippen LogP contribution in [0.5, 0.6) is 17.2 Å². The number of phenolic OH excluding ortho intramolecular Hbond substituents is 3. The van der Waals surface area contributed by atoms with E-state index in [1.165, 1.54) is 18.2 Å². The Hall–Kier alpha value is -2.44. The number of aliphatic hydroxyl groups excluding tert-OH is 2. The van der Waals surface area contributed by atoms with Crippen LogP contribution in [0, 0.1) is 11.8 Å². The van der Waals surface area contributed by atoms with E-state index in [-0.39, 0.29) is 23.2 Å². The molecule has 0 heterocycles. The molecule has 2 aromatic rings. The maximum absolute atomic E-state index is 10.8. The molecule has 0 spiro atoms. The molecule has 2 rings (SSSR count). The lowest BCUT2D eigenvalue weighted by Gasteiger charge is -2.29. The van der Waals surface area contributed by atoms with Gasteiger partial charge in [0.25, 0.3) is 0 Å². The highest BCUT2D eigenvalue weighted by Gasteiger charge is 2.29. The van der Waals surface area contributed by atoms with E-state index in [1.807, 2.05) is 13.8 Å². The predicted molar refractivity (Wildman–Crippen MR) is 105 cm³/mol. The van der Waals surface area contributed by atoms with E-state index in [9.17, 15) is 25.5 Å². The quantitative estimate of drug-likeness (QED) is 0.375. The van der Waals surface area contributed by atoms with E-state index in [0.717, 1.165) is 5.69 Å². The average molecular weight is 375 g/mol. The summed E-state index contributed by atoms with van der Waals surface area (Å²) in [5.41, 5.74) is 1.21. The Bertz CT molecular complexity index is 697. The molecule has 0 aromatic heterocycles. The number of aromatic hydroxyl groups is 3. The Kier molecular flexibility index (Phi) is 7.33. The topological polar surface area (TPSA) is 113 Å². The summed E-state index contributed by atoms with van der Waals surface area (Å²) in [5.74, 6) is -0.246. The molecule has 6 heteroatoms. The molecule has 2 aromatic carbocycles. The zero-order valence-electron chi connectivity index (χ0n) is 15.7. The molecule has 27 heavy (non-hydrogen) atoms. The van der Waals surface area contributed by atoms with Gasteiger partial charge in [-0.15, -0.1) is 0 Å². The summed E-state index contributed by atoms with van der Waals surface area (Å²) in [5, 5.41) is 53.3. The molecule has 0 aliphatic carbocycles. The number of nitrogens with one attached hydrogen (secondary N) is 1. The van der Waals surface area contributed by atoms with Gasteiger partial charge >= 0.3 is 0 Å². The summed E-state index contributed by atoms with van der Waals surface area (Å²) in [6.45, 7) is 4.53. The van der Waals surface area contributed by atoms with Crippen LogP contribution in [0.2, 0.25) is 0 Å². The van der Waals surface area contributed by atoms with Gasteiger partial charge in [-0.05, 0) is 60.7 Å². The van der Waals surface area contributed by atoms with Gasteiger partial charge in [0.1, 0.15) is 17.2 Å². The number of hydrogen-bond donors (Lipinski definition) is 6. The van der Waals surface area contributed by atoms with Crippen LogP contribution in [-0.4, -0.2) is 38.2 Å². The monoisotopic (exact) mass is 375 g/mol. The van der Waals surface area contributed by atoms with Crippen LogP contribution in [0.1, 0.15) is 38.4 Å². The summed E-state index contributed by atoms with van der Waals surface area (Å²) < 4.78 is 0. The summed E-state index contributed by atoms with van der Waals surface area (Å²) in [6.07, 6.45) is -0.761. The van der Waals surface area contributed by atoms with E-state index >= 15 is 0 Å². The minimum atomic E-state index is -1.01. The fourth-order valence-electron chi connectivity index (χ4n) is 3.23. The molecule has 6 N–H and O–H groups in total. The molecule has 0 unspecified atom stereocenters. The maximum Gasteiger partial charge on any atom is 0.119 e. The number of anilines is 1. The van der Waals surface area contributed by atoms with Crippen LogP contribution >= 0.6 is 0 Å². The van der Waals surface area contributed by atoms with Crippen molar-refractivity contribution in [2.45, 2.75) is 38.9 Å². The molecule has 0 fully saturated rings. The van der Waals surface area contributed by atoms with Gasteiger partial charge in [0.15, 0.2) is 0 Å². The third-order valence-electron chi connectivity index (χ3n) is 4.55. The van der Waals surface area contributed by atoms with Gasteiger partial charge in [0, 0.05) is 24.2 Å². The Morgan fingerprint density at radius 1 is 0.852 bits per heavy atom. The summed E-state index contributed by atoms with van der Waals surface area (Å²) in [6, 6.07) is 10.7. The predicted octanol–water partition coefficient (Wildman–Crippen LogP) is 3.36. The van der Waals surface area contributed by atoms with Crippen molar-refractivity contribution in [2.75, 3.05) is 11.9 Å². The highest BCUT2D eigenvalue weighted by molar-refractivity contribution is 5.45. The van der Waals surface area contributed by atoms with Gasteiger partial charge in [-0.3, -0.25) is 0 Å². The van der Waals surface area contributed by atoms with Crippen molar-refractivity contribution in [2.24, 2.45) is 11.8 Å². The Balaban J connectivity index is 2.03. The lowest BCUT2D eigenvalue weighted by molar-refractivity contribution is -0.00187. The normalized spacial score (nSPS) is 14.7. The lowest BCUT2D eigenvalue weighted by Crippen LogP contribution is -2.30. The van der Waals surface area contributed by atoms with Crippen molar-refractivity contribution in [3.63, 3.8) is 0 Å². The summed E-state index contributed by atoms with van der Waals surface area (Å²) in [7, 11) is 0. The van der Waals surface area contributed by atoms with Crippen LogP contribution < -0.4 is 5.32 Å². The summed E-state index contributed by atoms with van der Waals surface area (Å²) >= 11 is 0. The van der Waals surface area contributed by atoms with Crippen molar-refractivity contribution < 1.29 is 25.5 Å². The fourth-order valence-corrected chi connectivity index (χ4v) is 3.23. The van der Waals surface area contributed by atoms with E-state index in [2.05, 4.69) is 5.32 Å². The zero-order valence-corrected chi connectivity index (χ0v) is 15.7. The Morgan fingerprint density at radius 3 is 2.00 bits per heavy atom. The smallest absolute Gasteiger partial charge is 0.119 e. The number of aliphatic hydroxyl groups is 2. The van der Waals surface area contributed by atoms with Crippen LogP contribution in [0.15, 0.2) is 42.5 Å². The van der Waals surface area contributed by atoms with Crippen LogP contribution in [0.25, 0.3) is 0 Å². The number of rotatable bonds is 9. The molecular formula is C21H29NO5. The zero-order chi connectivity index (χ0) is 20.0. The van der Waals surface area contributed by atoms with E-state index in [1.54, 1.807) is 24.3 Å². The minimum Gasteiger partial charge on any atom is -0.508 e. The molecular weight excluding hydrogens is 346 g/mol. The second kappa shape index (κ2) is 9.48. The lowest BCUT2D eigenvalue weighted by atomic mass is 9.83. The van der Waals surface area contributed by atoms with Crippen molar-refractivity contribution in [1.29, 1.82) is 0 Å². The molecule has 148 valence electrons. The van der Waals surface area contributed by atoms with Crippen molar-refractivity contribution >= 4 is 5.69 Å². The van der Waals surface area contributed by atoms with Gasteiger partial charge in [0.05, 0.1) is 12.2 Å². The second-order valence-corrected chi connectivity index (χ2v) is 7.35. The van der Waals surface area contributed by atoms with Crippen molar-refractivity contribution in [3.8, 4) is 17.2 Å². The first kappa shape index (κ1) is 20.9. The minimum absolute atomic E-state index is 0.129. The van der Waals surface area contributed by atoms with Gasteiger partial charge in [-0.25, -0.2) is 0 Å².